The fourth-order valence-electron chi connectivity index (χ4n) is 1.46. The van der Waals surface area contributed by atoms with E-state index in [-0.39, 0.29) is 0 Å². The predicted molar refractivity (Wildman–Crippen MR) is 57.9 cm³/mol. The lowest BCUT2D eigenvalue weighted by atomic mass is 10.3. The summed E-state index contributed by atoms with van der Waals surface area (Å²) < 4.78 is 3.84. The first-order valence-electron chi connectivity index (χ1n) is 3.83. The van der Waals surface area contributed by atoms with Crippen LogP contribution < -0.4 is 0 Å². The molecule has 0 saturated heterocycles. The van der Waals surface area contributed by atoms with E-state index >= 15 is 0 Å². The lowest BCUT2D eigenvalue weighted by Crippen LogP contribution is -1.81. The maximum Gasteiger partial charge on any atom is 0.242 e. The van der Waals surface area contributed by atoms with Gasteiger partial charge in [0, 0.05) is 0 Å². The molecule has 0 saturated carbocycles. The van der Waals surface area contributed by atoms with E-state index in [1.165, 1.54) is 0 Å². The lowest BCUT2D eigenvalue weighted by Gasteiger charge is -1.89. The van der Waals surface area contributed by atoms with Gasteiger partial charge in [-0.3, -0.25) is 0 Å². The molecule has 64 valence electrons. The van der Waals surface area contributed by atoms with Gasteiger partial charge in [-0.1, -0.05) is 12.1 Å². The van der Waals surface area contributed by atoms with Crippen molar-refractivity contribution in [2.24, 2.45) is 0 Å². The molecule has 0 fully saturated rings. The van der Waals surface area contributed by atoms with E-state index < -0.39 is 0 Å². The minimum Gasteiger partial charge on any atom is -0.248 e. The number of halogens is 1. The molecule has 3 rings (SSSR count). The Morgan fingerprint density at radius 3 is 2.77 bits per heavy atom. The zero-order chi connectivity index (χ0) is 8.84. The molecule has 0 aliphatic rings. The molecule has 4 nitrogen and oxygen atoms in total. The number of para-hydroxylation sites is 2. The molecule has 2 heterocycles. The lowest BCUT2D eigenvalue weighted by molar-refractivity contribution is 1.01. The molecule has 0 atom stereocenters. The summed E-state index contributed by atoms with van der Waals surface area (Å²) >= 11 is 2.22. The Bertz CT molecular complexity index is 580. The predicted octanol–water partition coefficient (Wildman–Crippen LogP) is 1.88. The smallest absolute Gasteiger partial charge is 0.242 e. The molecule has 3 aromatic rings. The number of hydrogen-bond donors (Lipinski definition) is 0. The Morgan fingerprint density at radius 1 is 1.15 bits per heavy atom. The normalized spacial score (nSPS) is 11.5. The van der Waals surface area contributed by atoms with E-state index in [1.807, 2.05) is 25.5 Å². The van der Waals surface area contributed by atoms with E-state index in [0.29, 0.717) is 0 Å². The molecule has 0 bridgehead atoms. The molecule has 0 spiro atoms. The van der Waals surface area contributed by atoms with Crippen LogP contribution in [0.2, 0.25) is 0 Å². The number of rotatable bonds is 0. The Balaban J connectivity index is 2.72. The largest absolute Gasteiger partial charge is 0.248 e. The van der Waals surface area contributed by atoms with Crippen LogP contribution in [-0.4, -0.2) is 17.4 Å². The van der Waals surface area contributed by atoms with Gasteiger partial charge in [0.25, 0.3) is 0 Å². The van der Waals surface area contributed by atoms with E-state index in [2.05, 4.69) is 39.0 Å². The van der Waals surface area contributed by atoms with Gasteiger partial charge in [-0.2, -0.15) is 14.6 Å². The molecule has 0 aliphatic heterocycles. The highest BCUT2D eigenvalue weighted by molar-refractivity contribution is 14.1. The van der Waals surface area contributed by atoms with Crippen molar-refractivity contribution in [1.29, 1.82) is 0 Å². The molecule has 0 aliphatic carbocycles. The molecule has 2 aromatic heterocycles. The van der Waals surface area contributed by atoms with Crippen LogP contribution in [0.1, 0.15) is 0 Å². The molecule has 5 heteroatoms. The van der Waals surface area contributed by atoms with Crippen LogP contribution >= 0.6 is 22.9 Å². The van der Waals surface area contributed by atoms with Crippen molar-refractivity contribution in [2.45, 2.75) is 0 Å². The summed E-state index contributed by atoms with van der Waals surface area (Å²) in [5, 5.41) is 4.15. The first kappa shape index (κ1) is 7.31. The Labute approximate surface area is 87.7 Å². The number of aromatic nitrogens is 4. The highest BCUT2D eigenvalue weighted by Crippen LogP contribution is 2.20. The summed E-state index contributed by atoms with van der Waals surface area (Å²) in [6, 6.07) is 8.10. The first-order chi connectivity index (χ1) is 6.38. The second-order valence-electron chi connectivity index (χ2n) is 2.74. The molecule has 0 unspecified atom stereocenters. The average Bonchev–Trinajstić information content (AvgIpc) is 2.72. The average molecular weight is 284 g/mol. The zero-order valence-corrected chi connectivity index (χ0v) is 8.71. The van der Waals surface area contributed by atoms with Crippen molar-refractivity contribution in [3.05, 3.63) is 30.6 Å². The molecule has 0 amide bonds. The van der Waals surface area contributed by atoms with Crippen molar-refractivity contribution in [3.63, 3.8) is 0 Å². The SMILES string of the molecule is In1c2ccccc2n2ncnc12. The number of hydrogen-bond acceptors (Lipinski definition) is 2. The van der Waals surface area contributed by atoms with Gasteiger partial charge >= 0.3 is 0 Å². The van der Waals surface area contributed by atoms with Crippen LogP contribution in [0.15, 0.2) is 30.6 Å². The molecule has 0 radical (unpaired) electrons. The molecular weight excluding hydrogens is 279 g/mol. The van der Waals surface area contributed by atoms with E-state index in [4.69, 9.17) is 0 Å². The Hall–Kier alpha value is -1.11. The summed E-state index contributed by atoms with van der Waals surface area (Å²) in [7, 11) is 0. The summed E-state index contributed by atoms with van der Waals surface area (Å²) in [6.45, 7) is 0. The maximum absolute atomic E-state index is 4.16. The van der Waals surface area contributed by atoms with Crippen LogP contribution in [0.25, 0.3) is 16.8 Å². The minimum absolute atomic E-state index is 0.863. The van der Waals surface area contributed by atoms with E-state index in [9.17, 15) is 0 Å². The van der Waals surface area contributed by atoms with Crippen molar-refractivity contribution in [2.75, 3.05) is 0 Å². The van der Waals surface area contributed by atoms with Gasteiger partial charge < -0.3 is 0 Å². The number of benzene rings is 1. The number of fused-ring (bicyclic) bond motifs is 3. The van der Waals surface area contributed by atoms with Crippen LogP contribution in [0.5, 0.6) is 0 Å². The maximum atomic E-state index is 4.16. The van der Waals surface area contributed by atoms with Crippen molar-refractivity contribution >= 4 is 39.7 Å². The second kappa shape index (κ2) is 2.44. The minimum atomic E-state index is 0.863. The molecular formula is C8H5IN4. The highest BCUT2D eigenvalue weighted by atomic mass is 127. The van der Waals surface area contributed by atoms with Gasteiger partial charge in [-0.15, -0.1) is 0 Å². The van der Waals surface area contributed by atoms with Crippen LogP contribution in [0, 0.1) is 0 Å². The van der Waals surface area contributed by atoms with Crippen molar-refractivity contribution in [1.82, 2.24) is 17.4 Å². The summed E-state index contributed by atoms with van der Waals surface area (Å²) in [5.74, 6) is 0.863. The van der Waals surface area contributed by atoms with Crippen LogP contribution in [0.3, 0.4) is 0 Å². The van der Waals surface area contributed by atoms with Crippen molar-refractivity contribution in [3.8, 4) is 0 Å². The van der Waals surface area contributed by atoms with E-state index in [0.717, 1.165) is 16.8 Å². The second-order valence-corrected chi connectivity index (χ2v) is 3.71. The first-order valence-corrected chi connectivity index (χ1v) is 4.80. The highest BCUT2D eigenvalue weighted by Gasteiger charge is 2.08. The molecule has 1 aromatic carbocycles. The van der Waals surface area contributed by atoms with Gasteiger partial charge in [0.2, 0.25) is 5.78 Å². The third-order valence-electron chi connectivity index (χ3n) is 2.03. The zero-order valence-electron chi connectivity index (χ0n) is 6.55. The Kier molecular flexibility index (Phi) is 1.37. The topological polar surface area (TPSA) is 35.1 Å². The van der Waals surface area contributed by atoms with Crippen LogP contribution in [0.4, 0.5) is 0 Å². The Morgan fingerprint density at radius 2 is 1.92 bits per heavy atom. The van der Waals surface area contributed by atoms with Crippen molar-refractivity contribution < 1.29 is 0 Å². The molecule has 13 heavy (non-hydrogen) atoms. The van der Waals surface area contributed by atoms with Crippen LogP contribution in [-0.2, 0) is 0 Å². The number of imidazole rings is 1. The van der Waals surface area contributed by atoms with Gasteiger partial charge in [0.1, 0.15) is 6.33 Å². The monoisotopic (exact) mass is 284 g/mol. The number of nitrogens with zero attached hydrogens (tertiary/aromatic N) is 4. The van der Waals surface area contributed by atoms with Gasteiger partial charge in [-0.05, 0) is 12.1 Å². The summed E-state index contributed by atoms with van der Waals surface area (Å²) in [6.07, 6.45) is 1.57. The summed E-state index contributed by atoms with van der Waals surface area (Å²) in [5.41, 5.74) is 2.23. The fraction of sp³-hybridized carbons (Fsp3) is 0. The van der Waals surface area contributed by atoms with E-state index in [1.54, 1.807) is 6.33 Å². The quantitative estimate of drug-likeness (QED) is 0.591. The van der Waals surface area contributed by atoms with Gasteiger partial charge in [0.15, 0.2) is 0 Å². The molecule has 0 N–H and O–H groups in total. The summed E-state index contributed by atoms with van der Waals surface area (Å²) in [4.78, 5) is 4.16. The third-order valence-corrected chi connectivity index (χ3v) is 2.98. The third kappa shape index (κ3) is 0.846. The van der Waals surface area contributed by atoms with Gasteiger partial charge in [0.05, 0.1) is 33.9 Å². The van der Waals surface area contributed by atoms with Gasteiger partial charge in [-0.25, -0.2) is 2.78 Å². The standard InChI is InChI=1S/C8H5IN4/c9-12-6-3-1-2-4-7(6)13-8(12)10-5-11-13/h1-5H. The fourth-order valence-corrected chi connectivity index (χ4v) is 2.19.